The van der Waals surface area contributed by atoms with Gasteiger partial charge >= 0.3 is 0 Å². The highest BCUT2D eigenvalue weighted by atomic mass is 28.3. The Kier molecular flexibility index (Phi) is 7.10. The zero-order valence-electron chi connectivity index (χ0n) is 20.2. The van der Waals surface area contributed by atoms with E-state index in [0.717, 1.165) is 51.9 Å². The number of aromatic nitrogens is 5. The van der Waals surface area contributed by atoms with E-state index in [1.54, 1.807) is 17.1 Å². The van der Waals surface area contributed by atoms with Crippen LogP contribution in [0.2, 0.25) is 25.7 Å². The maximum Gasteiger partial charge on any atom is 0.161 e. The van der Waals surface area contributed by atoms with E-state index in [-0.39, 0.29) is 0 Å². The molecule has 9 heteroatoms. The second kappa shape index (κ2) is 10.2. The number of nitriles is 1. The van der Waals surface area contributed by atoms with E-state index in [2.05, 4.69) is 54.5 Å². The first kappa shape index (κ1) is 23.7. The van der Waals surface area contributed by atoms with Gasteiger partial charge in [0.2, 0.25) is 0 Å². The average molecular weight is 474 g/mol. The lowest BCUT2D eigenvalue weighted by Crippen LogP contribution is -2.22. The van der Waals surface area contributed by atoms with E-state index < -0.39 is 8.07 Å². The topological polar surface area (TPSA) is 93.6 Å². The summed E-state index contributed by atoms with van der Waals surface area (Å²) in [7, 11) is 0.732. The fourth-order valence-corrected chi connectivity index (χ4v) is 4.41. The summed E-state index contributed by atoms with van der Waals surface area (Å²) >= 11 is 0. The number of benzene rings is 1. The molecule has 4 aromatic rings. The second-order valence-corrected chi connectivity index (χ2v) is 15.2. The zero-order chi connectivity index (χ0) is 24.1. The van der Waals surface area contributed by atoms with Gasteiger partial charge in [-0.25, -0.2) is 9.97 Å². The van der Waals surface area contributed by atoms with Gasteiger partial charge in [0.05, 0.1) is 30.6 Å². The van der Waals surface area contributed by atoms with Crippen molar-refractivity contribution in [3.05, 3.63) is 49.1 Å². The van der Waals surface area contributed by atoms with Crippen molar-refractivity contribution in [1.29, 1.82) is 5.26 Å². The standard InChI is InChI=1S/C25H31N7OSi/c1-31-16-20(14-29-31)23-15-28-25-24(30-23)22(17-32(25)18-33-11-12-34(2,3)4)19-7-5-8-21(13-19)27-10-6-9-26/h5,7-8,13-17,27H,6,10-12,18H2,1-4H3. The minimum absolute atomic E-state index is 0.433. The Morgan fingerprint density at radius 3 is 2.74 bits per heavy atom. The van der Waals surface area contributed by atoms with Gasteiger partial charge < -0.3 is 14.6 Å². The number of fused-ring (bicyclic) bond motifs is 1. The molecule has 0 saturated carbocycles. The predicted molar refractivity (Wildman–Crippen MR) is 138 cm³/mol. The van der Waals surface area contributed by atoms with Crippen LogP contribution >= 0.6 is 0 Å². The van der Waals surface area contributed by atoms with Gasteiger partial charge in [-0.05, 0) is 23.7 Å². The van der Waals surface area contributed by atoms with Crippen molar-refractivity contribution >= 4 is 24.9 Å². The minimum atomic E-state index is -1.16. The van der Waals surface area contributed by atoms with Crippen molar-refractivity contribution in [3.8, 4) is 28.5 Å². The number of ether oxygens (including phenoxy) is 1. The maximum absolute atomic E-state index is 8.83. The van der Waals surface area contributed by atoms with Crippen molar-refractivity contribution in [2.45, 2.75) is 38.8 Å². The highest BCUT2D eigenvalue weighted by molar-refractivity contribution is 6.76. The lowest BCUT2D eigenvalue weighted by molar-refractivity contribution is 0.0899. The van der Waals surface area contributed by atoms with Crippen LogP contribution in [-0.2, 0) is 18.5 Å². The Balaban J connectivity index is 1.70. The summed E-state index contributed by atoms with van der Waals surface area (Å²) in [5.41, 5.74) is 6.31. The summed E-state index contributed by atoms with van der Waals surface area (Å²) in [5.74, 6) is 0. The van der Waals surface area contributed by atoms with Crippen LogP contribution in [0.25, 0.3) is 33.5 Å². The van der Waals surface area contributed by atoms with E-state index in [1.165, 1.54) is 0 Å². The van der Waals surface area contributed by atoms with Crippen molar-refractivity contribution < 1.29 is 4.74 Å². The van der Waals surface area contributed by atoms with E-state index in [4.69, 9.17) is 20.0 Å². The molecule has 1 aromatic carbocycles. The Morgan fingerprint density at radius 1 is 1.15 bits per heavy atom. The number of nitrogens with zero attached hydrogens (tertiary/aromatic N) is 6. The molecule has 8 nitrogen and oxygen atoms in total. The second-order valence-electron chi connectivity index (χ2n) is 9.61. The van der Waals surface area contributed by atoms with Gasteiger partial charge in [0.15, 0.2) is 5.65 Å². The van der Waals surface area contributed by atoms with Crippen molar-refractivity contribution in [2.24, 2.45) is 7.05 Å². The fraction of sp³-hybridized carbons (Fsp3) is 0.360. The molecule has 176 valence electrons. The van der Waals surface area contributed by atoms with Crippen molar-refractivity contribution in [3.63, 3.8) is 0 Å². The SMILES string of the molecule is Cn1cc(-c2cnc3c(n2)c(-c2cccc(NCCC#N)c2)cn3COCC[Si](C)(C)C)cn1. The molecule has 4 rings (SSSR count). The molecule has 3 heterocycles. The molecule has 0 bridgehead atoms. The van der Waals surface area contributed by atoms with Gasteiger partial charge in [-0.3, -0.25) is 4.68 Å². The van der Waals surface area contributed by atoms with Gasteiger partial charge in [-0.1, -0.05) is 31.8 Å². The Labute approximate surface area is 201 Å². The molecule has 0 aliphatic heterocycles. The quantitative estimate of drug-likeness (QED) is 0.253. The van der Waals surface area contributed by atoms with Crippen LogP contribution in [0, 0.1) is 11.3 Å². The number of anilines is 1. The number of hydrogen-bond acceptors (Lipinski definition) is 6. The van der Waals surface area contributed by atoms with Crippen LogP contribution in [0.15, 0.2) is 49.1 Å². The first-order chi connectivity index (χ1) is 16.3. The Hall–Kier alpha value is -3.48. The van der Waals surface area contributed by atoms with Crippen LogP contribution in [0.4, 0.5) is 5.69 Å². The third kappa shape index (κ3) is 5.71. The molecule has 0 aliphatic rings. The molecule has 0 saturated heterocycles. The average Bonchev–Trinajstić information content (AvgIpc) is 3.40. The van der Waals surface area contributed by atoms with Gasteiger partial charge in [-0.2, -0.15) is 10.4 Å². The molecular weight excluding hydrogens is 442 g/mol. The Bertz CT molecular complexity index is 1310. The molecule has 34 heavy (non-hydrogen) atoms. The molecule has 0 amide bonds. The summed E-state index contributed by atoms with van der Waals surface area (Å²) in [6.07, 6.45) is 8.05. The highest BCUT2D eigenvalue weighted by Crippen LogP contribution is 2.31. The number of nitrogens with one attached hydrogen (secondary N) is 1. The molecule has 0 fully saturated rings. The van der Waals surface area contributed by atoms with Crippen LogP contribution in [0.3, 0.4) is 0 Å². The summed E-state index contributed by atoms with van der Waals surface area (Å²) < 4.78 is 9.83. The van der Waals surface area contributed by atoms with Crippen LogP contribution in [0.1, 0.15) is 6.42 Å². The van der Waals surface area contributed by atoms with Gasteiger partial charge in [0.25, 0.3) is 0 Å². The number of aryl methyl sites for hydroxylation is 1. The lowest BCUT2D eigenvalue weighted by Gasteiger charge is -2.15. The maximum atomic E-state index is 8.83. The molecule has 0 unspecified atom stereocenters. The van der Waals surface area contributed by atoms with E-state index in [0.29, 0.717) is 19.7 Å². The Morgan fingerprint density at radius 2 is 2.00 bits per heavy atom. The van der Waals surface area contributed by atoms with Gasteiger partial charge in [0.1, 0.15) is 12.2 Å². The highest BCUT2D eigenvalue weighted by Gasteiger charge is 2.17. The normalized spacial score (nSPS) is 11.6. The van der Waals surface area contributed by atoms with Crippen molar-refractivity contribution in [1.82, 2.24) is 24.3 Å². The summed E-state index contributed by atoms with van der Waals surface area (Å²) in [6, 6.07) is 11.5. The zero-order valence-corrected chi connectivity index (χ0v) is 21.2. The smallest absolute Gasteiger partial charge is 0.161 e. The summed E-state index contributed by atoms with van der Waals surface area (Å²) in [6.45, 7) is 8.83. The molecule has 0 aliphatic carbocycles. The summed E-state index contributed by atoms with van der Waals surface area (Å²) in [4.78, 5) is 9.74. The first-order valence-corrected chi connectivity index (χ1v) is 15.2. The van der Waals surface area contributed by atoms with E-state index in [9.17, 15) is 0 Å². The fourth-order valence-electron chi connectivity index (χ4n) is 3.65. The predicted octanol–water partition coefficient (Wildman–Crippen LogP) is 5.14. The number of rotatable bonds is 10. The lowest BCUT2D eigenvalue weighted by atomic mass is 10.1. The molecule has 0 radical (unpaired) electrons. The minimum Gasteiger partial charge on any atom is -0.384 e. The van der Waals surface area contributed by atoms with Crippen molar-refractivity contribution in [2.75, 3.05) is 18.5 Å². The van der Waals surface area contributed by atoms with Gasteiger partial charge in [0, 0.05) is 57.5 Å². The largest absolute Gasteiger partial charge is 0.384 e. The van der Waals surface area contributed by atoms with E-state index >= 15 is 0 Å². The molecule has 0 atom stereocenters. The van der Waals surface area contributed by atoms with E-state index in [1.807, 2.05) is 29.9 Å². The number of hydrogen-bond donors (Lipinski definition) is 1. The van der Waals surface area contributed by atoms with Crippen LogP contribution in [-0.4, -0.2) is 45.5 Å². The molecule has 1 N–H and O–H groups in total. The summed E-state index contributed by atoms with van der Waals surface area (Å²) in [5, 5.41) is 16.4. The van der Waals surface area contributed by atoms with Crippen LogP contribution < -0.4 is 5.32 Å². The third-order valence-electron chi connectivity index (χ3n) is 5.53. The molecule has 3 aromatic heterocycles. The molecule has 0 spiro atoms. The van der Waals surface area contributed by atoms with Crippen LogP contribution in [0.5, 0.6) is 0 Å². The molecular formula is C25H31N7OSi. The van der Waals surface area contributed by atoms with Gasteiger partial charge in [-0.15, -0.1) is 0 Å². The monoisotopic (exact) mass is 473 g/mol. The third-order valence-corrected chi connectivity index (χ3v) is 7.24. The first-order valence-electron chi connectivity index (χ1n) is 11.5.